The lowest BCUT2D eigenvalue weighted by Gasteiger charge is -2.58. The van der Waals surface area contributed by atoms with Gasteiger partial charge in [-0.2, -0.15) is 0 Å². The second-order valence-electron chi connectivity index (χ2n) is 4.92. The Morgan fingerprint density at radius 1 is 1.50 bits per heavy atom. The molecule has 1 saturated carbocycles. The predicted molar refractivity (Wildman–Crippen MR) is 54.2 cm³/mol. The Bertz CT molecular complexity index is 227. The van der Waals surface area contributed by atoms with Crippen molar-refractivity contribution in [3.8, 4) is 0 Å². The van der Waals surface area contributed by atoms with E-state index in [0.29, 0.717) is 11.8 Å². The summed E-state index contributed by atoms with van der Waals surface area (Å²) in [6.45, 7) is 4.39. The molecule has 0 radical (unpaired) electrons. The zero-order chi connectivity index (χ0) is 10.2. The summed E-state index contributed by atoms with van der Waals surface area (Å²) in [6.07, 6.45) is 5.39. The van der Waals surface area contributed by atoms with Gasteiger partial charge in [-0.3, -0.25) is 9.69 Å². The molecular weight excluding hydrogens is 178 g/mol. The molecule has 1 heterocycles. The second kappa shape index (κ2) is 3.54. The zero-order valence-electron chi connectivity index (χ0n) is 8.83. The molecule has 2 aliphatic rings. The van der Waals surface area contributed by atoms with Gasteiger partial charge in [-0.25, -0.2) is 0 Å². The van der Waals surface area contributed by atoms with Crippen molar-refractivity contribution in [2.24, 2.45) is 5.41 Å². The molecule has 2 rings (SSSR count). The molecule has 80 valence electrons. The molecule has 2 fully saturated rings. The zero-order valence-corrected chi connectivity index (χ0v) is 8.83. The first kappa shape index (κ1) is 9.97. The van der Waals surface area contributed by atoms with Crippen LogP contribution < -0.4 is 0 Å². The lowest BCUT2D eigenvalue weighted by Crippen LogP contribution is -2.62. The van der Waals surface area contributed by atoms with Crippen LogP contribution in [0.5, 0.6) is 0 Å². The molecule has 14 heavy (non-hydrogen) atoms. The largest absolute Gasteiger partial charge is 0.481 e. The Kier molecular flexibility index (Phi) is 2.52. The van der Waals surface area contributed by atoms with Crippen LogP contribution in [0.15, 0.2) is 0 Å². The van der Waals surface area contributed by atoms with Gasteiger partial charge in [-0.05, 0) is 24.7 Å². The minimum absolute atomic E-state index is 0.277. The smallest absolute Gasteiger partial charge is 0.304 e. The van der Waals surface area contributed by atoms with Crippen molar-refractivity contribution < 1.29 is 9.90 Å². The summed E-state index contributed by atoms with van der Waals surface area (Å²) in [5, 5.41) is 8.76. The van der Waals surface area contributed by atoms with Crippen LogP contribution in [0.25, 0.3) is 0 Å². The average Bonchev–Trinajstić information content (AvgIpc) is 1.96. The van der Waals surface area contributed by atoms with Crippen molar-refractivity contribution in [1.29, 1.82) is 0 Å². The molecule has 1 spiro atoms. The molecule has 1 unspecified atom stereocenters. The van der Waals surface area contributed by atoms with Crippen molar-refractivity contribution in [3.05, 3.63) is 0 Å². The minimum atomic E-state index is -0.661. The van der Waals surface area contributed by atoms with E-state index in [-0.39, 0.29) is 6.04 Å². The number of hydrogen-bond donors (Lipinski definition) is 1. The van der Waals surface area contributed by atoms with Crippen molar-refractivity contribution in [3.63, 3.8) is 0 Å². The SMILES string of the molecule is CCC(CC(=O)O)N1CC2(CCC2)C1. The molecule has 3 heteroatoms. The van der Waals surface area contributed by atoms with Crippen molar-refractivity contribution >= 4 is 5.97 Å². The molecule has 0 amide bonds. The fourth-order valence-electron chi connectivity index (χ4n) is 2.80. The summed E-state index contributed by atoms with van der Waals surface area (Å²) < 4.78 is 0. The van der Waals surface area contributed by atoms with Gasteiger partial charge >= 0.3 is 5.97 Å². The molecule has 1 N–H and O–H groups in total. The third kappa shape index (κ3) is 1.65. The molecule has 1 saturated heterocycles. The first-order valence-electron chi connectivity index (χ1n) is 5.61. The molecule has 1 atom stereocenters. The van der Waals surface area contributed by atoms with Crippen LogP contribution in [0, 0.1) is 5.41 Å². The first-order valence-corrected chi connectivity index (χ1v) is 5.61. The summed E-state index contributed by atoms with van der Waals surface area (Å²) in [5.74, 6) is -0.661. The van der Waals surface area contributed by atoms with E-state index < -0.39 is 5.97 Å². The molecule has 0 aromatic heterocycles. The third-order valence-corrected chi connectivity index (χ3v) is 3.89. The predicted octanol–water partition coefficient (Wildman–Crippen LogP) is 1.73. The Labute approximate surface area is 85.1 Å². The highest BCUT2D eigenvalue weighted by Crippen LogP contribution is 2.49. The summed E-state index contributed by atoms with van der Waals surface area (Å²) in [5.41, 5.74) is 0.617. The Hall–Kier alpha value is -0.570. The van der Waals surface area contributed by atoms with Gasteiger partial charge in [0, 0.05) is 19.1 Å². The fraction of sp³-hybridized carbons (Fsp3) is 0.909. The van der Waals surface area contributed by atoms with Gasteiger partial charge in [0.05, 0.1) is 6.42 Å². The highest BCUT2D eigenvalue weighted by molar-refractivity contribution is 5.67. The van der Waals surface area contributed by atoms with Crippen LogP contribution in [-0.4, -0.2) is 35.1 Å². The van der Waals surface area contributed by atoms with E-state index in [1.807, 2.05) is 0 Å². The van der Waals surface area contributed by atoms with Gasteiger partial charge in [-0.1, -0.05) is 13.3 Å². The number of carbonyl (C=O) groups is 1. The van der Waals surface area contributed by atoms with E-state index in [1.54, 1.807) is 0 Å². The number of likely N-dealkylation sites (tertiary alicyclic amines) is 1. The van der Waals surface area contributed by atoms with Crippen LogP contribution in [0.4, 0.5) is 0 Å². The topological polar surface area (TPSA) is 40.5 Å². The summed E-state index contributed by atoms with van der Waals surface area (Å²) in [7, 11) is 0. The van der Waals surface area contributed by atoms with Crippen molar-refractivity contribution in [1.82, 2.24) is 4.90 Å². The monoisotopic (exact) mass is 197 g/mol. The van der Waals surface area contributed by atoms with Crippen LogP contribution in [0.3, 0.4) is 0 Å². The number of nitrogens with zero attached hydrogens (tertiary/aromatic N) is 1. The Morgan fingerprint density at radius 2 is 2.14 bits per heavy atom. The summed E-state index contributed by atoms with van der Waals surface area (Å²) in [4.78, 5) is 13.0. The van der Waals surface area contributed by atoms with Gasteiger partial charge in [-0.15, -0.1) is 0 Å². The summed E-state index contributed by atoms with van der Waals surface area (Å²) >= 11 is 0. The maximum atomic E-state index is 10.6. The molecular formula is C11H19NO2. The van der Waals surface area contributed by atoms with E-state index >= 15 is 0 Å². The maximum Gasteiger partial charge on any atom is 0.304 e. The maximum absolute atomic E-state index is 10.6. The molecule has 1 aliphatic carbocycles. The number of carboxylic acids is 1. The normalized spacial score (nSPS) is 26.6. The van der Waals surface area contributed by atoms with Crippen LogP contribution in [0.1, 0.15) is 39.0 Å². The standard InChI is InChI=1S/C11H19NO2/c1-2-9(6-10(13)14)12-7-11(8-12)4-3-5-11/h9H,2-8H2,1H3,(H,13,14). The lowest BCUT2D eigenvalue weighted by atomic mass is 9.63. The van der Waals surface area contributed by atoms with E-state index in [4.69, 9.17) is 5.11 Å². The first-order chi connectivity index (χ1) is 6.65. The number of rotatable bonds is 4. The second-order valence-corrected chi connectivity index (χ2v) is 4.92. The lowest BCUT2D eigenvalue weighted by molar-refractivity contribution is -0.142. The molecule has 3 nitrogen and oxygen atoms in total. The van der Waals surface area contributed by atoms with E-state index in [1.165, 1.54) is 19.3 Å². The third-order valence-electron chi connectivity index (χ3n) is 3.89. The minimum Gasteiger partial charge on any atom is -0.481 e. The van der Waals surface area contributed by atoms with Gasteiger partial charge in [0.1, 0.15) is 0 Å². The van der Waals surface area contributed by atoms with Gasteiger partial charge in [0.2, 0.25) is 0 Å². The van der Waals surface area contributed by atoms with E-state index in [0.717, 1.165) is 19.5 Å². The van der Waals surface area contributed by atoms with Crippen LogP contribution in [-0.2, 0) is 4.79 Å². The average molecular weight is 197 g/mol. The number of aliphatic carboxylic acids is 1. The Morgan fingerprint density at radius 3 is 2.50 bits per heavy atom. The Balaban J connectivity index is 1.80. The van der Waals surface area contributed by atoms with Gasteiger partial charge in [0.25, 0.3) is 0 Å². The quantitative estimate of drug-likeness (QED) is 0.746. The summed E-state index contributed by atoms with van der Waals surface area (Å²) in [6, 6.07) is 0.277. The van der Waals surface area contributed by atoms with E-state index in [2.05, 4.69) is 11.8 Å². The van der Waals surface area contributed by atoms with Crippen molar-refractivity contribution in [2.75, 3.05) is 13.1 Å². The molecule has 0 aromatic rings. The van der Waals surface area contributed by atoms with Gasteiger partial charge in [0.15, 0.2) is 0 Å². The number of hydrogen-bond acceptors (Lipinski definition) is 2. The highest BCUT2D eigenvalue weighted by atomic mass is 16.4. The van der Waals surface area contributed by atoms with Crippen LogP contribution >= 0.6 is 0 Å². The molecule has 0 aromatic carbocycles. The van der Waals surface area contributed by atoms with Gasteiger partial charge < -0.3 is 5.11 Å². The van der Waals surface area contributed by atoms with Crippen molar-refractivity contribution in [2.45, 2.75) is 45.1 Å². The molecule has 0 bridgehead atoms. The fourth-order valence-corrected chi connectivity index (χ4v) is 2.80. The molecule has 1 aliphatic heterocycles. The van der Waals surface area contributed by atoms with E-state index in [9.17, 15) is 4.79 Å². The highest BCUT2D eigenvalue weighted by Gasteiger charge is 2.48. The van der Waals surface area contributed by atoms with Crippen LogP contribution in [0.2, 0.25) is 0 Å². The number of carboxylic acid groups (broad SMARTS) is 1.